The molecule has 5 nitrogen and oxygen atoms in total. The SMILES string of the molecule is CCOc1cc(-c2ncc(CO)nc2C)c(F)cn1. The Morgan fingerprint density at radius 1 is 1.32 bits per heavy atom. The van der Waals surface area contributed by atoms with Crippen LogP contribution >= 0.6 is 0 Å². The van der Waals surface area contributed by atoms with E-state index in [1.807, 2.05) is 6.92 Å². The highest BCUT2D eigenvalue weighted by Crippen LogP contribution is 2.25. The van der Waals surface area contributed by atoms with Gasteiger partial charge in [-0.3, -0.25) is 9.97 Å². The van der Waals surface area contributed by atoms with Gasteiger partial charge in [-0.25, -0.2) is 9.37 Å². The minimum atomic E-state index is -0.488. The lowest BCUT2D eigenvalue weighted by atomic mass is 10.1. The number of hydrogen-bond donors (Lipinski definition) is 1. The van der Waals surface area contributed by atoms with Gasteiger partial charge in [-0.1, -0.05) is 0 Å². The third-order valence-corrected chi connectivity index (χ3v) is 2.54. The summed E-state index contributed by atoms with van der Waals surface area (Å²) in [5.74, 6) is -0.149. The lowest BCUT2D eigenvalue weighted by molar-refractivity contribution is 0.276. The molecular formula is C13H14FN3O2. The summed E-state index contributed by atoms with van der Waals surface area (Å²) in [6.45, 7) is 3.79. The average molecular weight is 263 g/mol. The molecule has 0 atom stereocenters. The van der Waals surface area contributed by atoms with E-state index in [4.69, 9.17) is 9.84 Å². The summed E-state index contributed by atoms with van der Waals surface area (Å²) in [4.78, 5) is 12.1. The first kappa shape index (κ1) is 13.4. The normalized spacial score (nSPS) is 10.5. The number of halogens is 1. The van der Waals surface area contributed by atoms with Gasteiger partial charge in [0.2, 0.25) is 5.88 Å². The second kappa shape index (κ2) is 5.71. The summed E-state index contributed by atoms with van der Waals surface area (Å²) < 4.78 is 19.1. The first-order valence-electron chi connectivity index (χ1n) is 5.87. The predicted octanol–water partition coefficient (Wildman–Crippen LogP) is 1.88. The number of rotatable bonds is 4. The van der Waals surface area contributed by atoms with Crippen molar-refractivity contribution < 1.29 is 14.2 Å². The Bertz CT molecular complexity index is 590. The van der Waals surface area contributed by atoms with E-state index in [0.717, 1.165) is 6.20 Å². The third kappa shape index (κ3) is 2.85. The van der Waals surface area contributed by atoms with E-state index < -0.39 is 5.82 Å². The fourth-order valence-corrected chi connectivity index (χ4v) is 1.70. The largest absolute Gasteiger partial charge is 0.478 e. The van der Waals surface area contributed by atoms with Gasteiger partial charge in [0.25, 0.3) is 0 Å². The van der Waals surface area contributed by atoms with Gasteiger partial charge in [0, 0.05) is 11.6 Å². The maximum Gasteiger partial charge on any atom is 0.214 e. The van der Waals surface area contributed by atoms with Crippen molar-refractivity contribution in [2.45, 2.75) is 20.5 Å². The van der Waals surface area contributed by atoms with Gasteiger partial charge in [0.15, 0.2) is 5.82 Å². The van der Waals surface area contributed by atoms with E-state index in [0.29, 0.717) is 29.6 Å². The average Bonchev–Trinajstić information content (AvgIpc) is 2.41. The van der Waals surface area contributed by atoms with Crippen LogP contribution < -0.4 is 4.74 Å². The molecule has 1 N–H and O–H groups in total. The molecule has 0 bridgehead atoms. The fraction of sp³-hybridized carbons (Fsp3) is 0.308. The fourth-order valence-electron chi connectivity index (χ4n) is 1.70. The van der Waals surface area contributed by atoms with E-state index in [1.165, 1.54) is 12.3 Å². The molecule has 0 aliphatic rings. The highest BCUT2D eigenvalue weighted by Gasteiger charge is 2.13. The number of pyridine rings is 1. The second-order valence-electron chi connectivity index (χ2n) is 3.89. The van der Waals surface area contributed by atoms with Crippen LogP contribution in [0.1, 0.15) is 18.3 Å². The number of hydrogen-bond acceptors (Lipinski definition) is 5. The zero-order chi connectivity index (χ0) is 13.8. The molecule has 2 aromatic rings. The highest BCUT2D eigenvalue weighted by molar-refractivity contribution is 5.62. The van der Waals surface area contributed by atoms with Crippen molar-refractivity contribution in [3.8, 4) is 17.1 Å². The van der Waals surface area contributed by atoms with Crippen LogP contribution in [0.3, 0.4) is 0 Å². The lowest BCUT2D eigenvalue weighted by Gasteiger charge is -2.08. The first-order valence-corrected chi connectivity index (χ1v) is 5.87. The topological polar surface area (TPSA) is 68.1 Å². The summed E-state index contributed by atoms with van der Waals surface area (Å²) in [7, 11) is 0. The molecule has 0 aliphatic heterocycles. The molecule has 2 heterocycles. The molecule has 0 saturated heterocycles. The van der Waals surface area contributed by atoms with Crippen molar-refractivity contribution in [1.29, 1.82) is 0 Å². The summed E-state index contributed by atoms with van der Waals surface area (Å²) in [5.41, 5.74) is 1.69. The molecule has 0 saturated carbocycles. The van der Waals surface area contributed by atoms with E-state index in [1.54, 1.807) is 6.92 Å². The van der Waals surface area contributed by atoms with Gasteiger partial charge in [0.05, 0.1) is 42.7 Å². The molecule has 6 heteroatoms. The second-order valence-corrected chi connectivity index (χ2v) is 3.89. The highest BCUT2D eigenvalue weighted by atomic mass is 19.1. The van der Waals surface area contributed by atoms with Crippen molar-refractivity contribution in [2.75, 3.05) is 6.61 Å². The summed E-state index contributed by atoms with van der Waals surface area (Å²) in [6, 6.07) is 1.49. The van der Waals surface area contributed by atoms with Crippen LogP contribution in [0.4, 0.5) is 4.39 Å². The van der Waals surface area contributed by atoms with E-state index >= 15 is 0 Å². The molecule has 0 aliphatic carbocycles. The number of aliphatic hydroxyl groups is 1. The lowest BCUT2D eigenvalue weighted by Crippen LogP contribution is -2.01. The van der Waals surface area contributed by atoms with Crippen molar-refractivity contribution in [3.63, 3.8) is 0 Å². The van der Waals surface area contributed by atoms with Gasteiger partial charge in [-0.15, -0.1) is 0 Å². The van der Waals surface area contributed by atoms with Crippen LogP contribution in [0.5, 0.6) is 5.88 Å². The Balaban J connectivity index is 2.48. The molecule has 0 fully saturated rings. The van der Waals surface area contributed by atoms with Crippen molar-refractivity contribution in [3.05, 3.63) is 35.7 Å². The Labute approximate surface area is 110 Å². The van der Waals surface area contributed by atoms with Gasteiger partial charge in [0.1, 0.15) is 0 Å². The number of nitrogens with zero attached hydrogens (tertiary/aromatic N) is 3. The van der Waals surface area contributed by atoms with Crippen LogP contribution in [0.25, 0.3) is 11.3 Å². The maximum absolute atomic E-state index is 13.8. The van der Waals surface area contributed by atoms with Crippen LogP contribution in [0.15, 0.2) is 18.5 Å². The van der Waals surface area contributed by atoms with Crippen molar-refractivity contribution in [2.24, 2.45) is 0 Å². The molecule has 0 aromatic carbocycles. The molecule has 0 radical (unpaired) electrons. The van der Waals surface area contributed by atoms with Gasteiger partial charge in [-0.2, -0.15) is 0 Å². The molecule has 2 rings (SSSR count). The molecule has 19 heavy (non-hydrogen) atoms. The van der Waals surface area contributed by atoms with E-state index in [9.17, 15) is 4.39 Å². The van der Waals surface area contributed by atoms with Crippen LogP contribution in [0.2, 0.25) is 0 Å². The van der Waals surface area contributed by atoms with Crippen LogP contribution in [0, 0.1) is 12.7 Å². The monoisotopic (exact) mass is 263 g/mol. The number of aromatic nitrogens is 3. The van der Waals surface area contributed by atoms with Crippen molar-refractivity contribution >= 4 is 0 Å². The molecule has 100 valence electrons. The Kier molecular flexibility index (Phi) is 4.01. The quantitative estimate of drug-likeness (QED) is 0.912. The zero-order valence-electron chi connectivity index (χ0n) is 10.7. The minimum Gasteiger partial charge on any atom is -0.478 e. The molecular weight excluding hydrogens is 249 g/mol. The van der Waals surface area contributed by atoms with Gasteiger partial charge in [-0.05, 0) is 13.8 Å². The van der Waals surface area contributed by atoms with E-state index in [-0.39, 0.29) is 12.2 Å². The number of aliphatic hydroxyl groups excluding tert-OH is 1. The van der Waals surface area contributed by atoms with Crippen LogP contribution in [-0.2, 0) is 6.61 Å². The smallest absolute Gasteiger partial charge is 0.214 e. The Hall–Kier alpha value is -2.08. The standard InChI is InChI=1S/C13H14FN3O2/c1-3-19-12-4-10(11(14)6-15-12)13-8(2)17-9(7-18)5-16-13/h4-6,18H,3,7H2,1-2H3. The zero-order valence-corrected chi connectivity index (χ0v) is 10.7. The molecule has 2 aromatic heterocycles. The summed E-state index contributed by atoms with van der Waals surface area (Å²) >= 11 is 0. The molecule has 0 amide bonds. The summed E-state index contributed by atoms with van der Waals surface area (Å²) in [5, 5.41) is 8.99. The Morgan fingerprint density at radius 2 is 2.11 bits per heavy atom. The number of ether oxygens (including phenoxy) is 1. The molecule has 0 spiro atoms. The molecule has 0 unspecified atom stereocenters. The van der Waals surface area contributed by atoms with Crippen molar-refractivity contribution in [1.82, 2.24) is 15.0 Å². The summed E-state index contributed by atoms with van der Waals surface area (Å²) in [6.07, 6.45) is 2.52. The minimum absolute atomic E-state index is 0.197. The van der Waals surface area contributed by atoms with Gasteiger partial charge < -0.3 is 9.84 Å². The Morgan fingerprint density at radius 3 is 2.74 bits per heavy atom. The number of aryl methyl sites for hydroxylation is 1. The van der Waals surface area contributed by atoms with Gasteiger partial charge >= 0.3 is 0 Å². The van der Waals surface area contributed by atoms with Crippen LogP contribution in [-0.4, -0.2) is 26.7 Å². The maximum atomic E-state index is 13.8. The third-order valence-electron chi connectivity index (χ3n) is 2.54. The first-order chi connectivity index (χ1) is 9.15. The van der Waals surface area contributed by atoms with E-state index in [2.05, 4.69) is 15.0 Å². The predicted molar refractivity (Wildman–Crippen MR) is 67.0 cm³/mol.